The molecule has 0 aromatic rings. The molecule has 0 aromatic heterocycles. The van der Waals surface area contributed by atoms with Gasteiger partial charge >= 0.3 is 0 Å². The first-order valence-electron chi connectivity index (χ1n) is 4.17. The number of hydrogen-bond donors (Lipinski definition) is 2. The molecule has 0 bridgehead atoms. The van der Waals surface area contributed by atoms with Crippen LogP contribution < -0.4 is 5.73 Å². The Hall–Kier alpha value is -1.10. The number of hydrogen-bond acceptors (Lipinski definition) is 3. The Morgan fingerprint density at radius 3 is 2.46 bits per heavy atom. The first-order valence-corrected chi connectivity index (χ1v) is 4.17. The standard InChI is InChI=1S/C8H16N2O3/c1-6(2)3-7(8(9)12)4-10(13)5-11/h5-7,13H,3-4H2,1-2H3,(H2,9,12). The number of primary amides is 1. The maximum absolute atomic E-state index is 10.9. The number of nitrogens with zero attached hydrogens (tertiary/aromatic N) is 1. The van der Waals surface area contributed by atoms with Crippen molar-refractivity contribution in [3.8, 4) is 0 Å². The smallest absolute Gasteiger partial charge is 0.233 e. The van der Waals surface area contributed by atoms with Crippen molar-refractivity contribution in [2.75, 3.05) is 6.54 Å². The zero-order valence-corrected chi connectivity index (χ0v) is 7.93. The van der Waals surface area contributed by atoms with Gasteiger partial charge in [-0.15, -0.1) is 0 Å². The molecule has 0 aliphatic carbocycles. The van der Waals surface area contributed by atoms with Crippen LogP contribution in [0.2, 0.25) is 0 Å². The number of rotatable bonds is 6. The molecule has 5 nitrogen and oxygen atoms in total. The minimum atomic E-state index is -0.491. The van der Waals surface area contributed by atoms with Crippen molar-refractivity contribution in [2.45, 2.75) is 20.3 Å². The van der Waals surface area contributed by atoms with E-state index >= 15 is 0 Å². The molecular formula is C8H16N2O3. The van der Waals surface area contributed by atoms with Crippen molar-refractivity contribution in [1.82, 2.24) is 5.06 Å². The monoisotopic (exact) mass is 188 g/mol. The molecule has 3 N–H and O–H groups in total. The molecule has 0 aromatic carbocycles. The average Bonchev–Trinajstić information content (AvgIpc) is 2.02. The van der Waals surface area contributed by atoms with E-state index in [1.165, 1.54) is 0 Å². The number of carbonyl (C=O) groups is 2. The topological polar surface area (TPSA) is 83.6 Å². The highest BCUT2D eigenvalue weighted by atomic mass is 16.5. The van der Waals surface area contributed by atoms with Gasteiger partial charge in [0.05, 0.1) is 12.5 Å². The first-order chi connectivity index (χ1) is 5.97. The molecule has 0 fully saturated rings. The lowest BCUT2D eigenvalue weighted by Gasteiger charge is -2.18. The normalized spacial score (nSPS) is 12.6. The Bertz CT molecular complexity index is 182. The van der Waals surface area contributed by atoms with Gasteiger partial charge in [0.15, 0.2) is 0 Å². The van der Waals surface area contributed by atoms with Crippen molar-refractivity contribution >= 4 is 12.3 Å². The Morgan fingerprint density at radius 1 is 1.62 bits per heavy atom. The molecule has 13 heavy (non-hydrogen) atoms. The van der Waals surface area contributed by atoms with E-state index in [4.69, 9.17) is 10.9 Å². The summed E-state index contributed by atoms with van der Waals surface area (Å²) < 4.78 is 0. The van der Waals surface area contributed by atoms with Gasteiger partial charge in [0, 0.05) is 0 Å². The summed E-state index contributed by atoms with van der Waals surface area (Å²) in [5, 5.41) is 9.29. The largest absolute Gasteiger partial charge is 0.369 e. The molecule has 1 atom stereocenters. The van der Waals surface area contributed by atoms with E-state index in [2.05, 4.69) is 0 Å². The lowest BCUT2D eigenvalue weighted by Crippen LogP contribution is -2.34. The third kappa shape index (κ3) is 5.19. The van der Waals surface area contributed by atoms with Gasteiger partial charge in [-0.2, -0.15) is 0 Å². The molecule has 0 aliphatic heterocycles. The Labute approximate surface area is 77.5 Å². The van der Waals surface area contributed by atoms with Crippen LogP contribution in [0.3, 0.4) is 0 Å². The second-order valence-corrected chi connectivity index (χ2v) is 3.46. The molecule has 0 radical (unpaired) electrons. The van der Waals surface area contributed by atoms with Gasteiger partial charge in [-0.3, -0.25) is 14.8 Å². The Kier molecular flexibility index (Phi) is 5.06. The quantitative estimate of drug-likeness (QED) is 0.349. The molecule has 0 saturated carbocycles. The number of carbonyl (C=O) groups excluding carboxylic acids is 2. The summed E-state index contributed by atoms with van der Waals surface area (Å²) in [7, 11) is 0. The van der Waals surface area contributed by atoms with E-state index in [0.29, 0.717) is 17.4 Å². The number of amides is 2. The fourth-order valence-corrected chi connectivity index (χ4v) is 1.12. The summed E-state index contributed by atoms with van der Waals surface area (Å²) in [6.07, 6.45) is 0.830. The maximum Gasteiger partial charge on any atom is 0.233 e. The van der Waals surface area contributed by atoms with Crippen LogP contribution in [0.25, 0.3) is 0 Å². The number of hydroxylamine groups is 2. The first kappa shape index (κ1) is 11.9. The van der Waals surface area contributed by atoms with Gasteiger partial charge in [-0.25, -0.2) is 5.06 Å². The Balaban J connectivity index is 4.09. The van der Waals surface area contributed by atoms with Crippen LogP contribution in [-0.2, 0) is 9.59 Å². The molecule has 0 spiro atoms. The van der Waals surface area contributed by atoms with Crippen LogP contribution in [0.15, 0.2) is 0 Å². The lowest BCUT2D eigenvalue weighted by molar-refractivity contribution is -0.154. The predicted molar refractivity (Wildman–Crippen MR) is 46.7 cm³/mol. The summed E-state index contributed by atoms with van der Waals surface area (Å²) in [6.45, 7) is 3.86. The molecule has 0 heterocycles. The fraction of sp³-hybridized carbons (Fsp3) is 0.750. The van der Waals surface area contributed by atoms with Crippen LogP contribution >= 0.6 is 0 Å². The molecule has 5 heteroatoms. The SMILES string of the molecule is CC(C)CC(CN(O)C=O)C(N)=O. The van der Waals surface area contributed by atoms with Crippen LogP contribution in [0.1, 0.15) is 20.3 Å². The maximum atomic E-state index is 10.9. The third-order valence-corrected chi connectivity index (χ3v) is 1.69. The van der Waals surface area contributed by atoms with Gasteiger partial charge in [-0.05, 0) is 12.3 Å². The van der Waals surface area contributed by atoms with E-state index in [0.717, 1.165) is 0 Å². The number of nitrogens with two attached hydrogens (primary N) is 1. The van der Waals surface area contributed by atoms with E-state index in [-0.39, 0.29) is 13.0 Å². The van der Waals surface area contributed by atoms with Gasteiger partial charge in [0.1, 0.15) is 0 Å². The summed E-state index contributed by atoms with van der Waals surface area (Å²) in [6, 6.07) is 0. The molecular weight excluding hydrogens is 172 g/mol. The van der Waals surface area contributed by atoms with E-state index in [9.17, 15) is 9.59 Å². The molecule has 0 saturated heterocycles. The van der Waals surface area contributed by atoms with Gasteiger partial charge < -0.3 is 5.73 Å². The third-order valence-electron chi connectivity index (χ3n) is 1.69. The zero-order chi connectivity index (χ0) is 10.4. The van der Waals surface area contributed by atoms with Crippen molar-refractivity contribution in [2.24, 2.45) is 17.6 Å². The van der Waals surface area contributed by atoms with Crippen molar-refractivity contribution in [1.29, 1.82) is 0 Å². The molecule has 76 valence electrons. The van der Waals surface area contributed by atoms with Crippen LogP contribution in [-0.4, -0.2) is 29.1 Å². The van der Waals surface area contributed by atoms with Crippen molar-refractivity contribution in [3.63, 3.8) is 0 Å². The average molecular weight is 188 g/mol. The second-order valence-electron chi connectivity index (χ2n) is 3.46. The minimum absolute atomic E-state index is 0.0307. The van der Waals surface area contributed by atoms with Gasteiger partial charge in [0.25, 0.3) is 0 Å². The Morgan fingerprint density at radius 2 is 2.15 bits per heavy atom. The minimum Gasteiger partial charge on any atom is -0.369 e. The summed E-state index contributed by atoms with van der Waals surface area (Å²) in [4.78, 5) is 20.9. The molecule has 1 unspecified atom stereocenters. The highest BCUT2D eigenvalue weighted by molar-refractivity contribution is 5.77. The van der Waals surface area contributed by atoms with Gasteiger partial charge in [0.2, 0.25) is 12.3 Å². The predicted octanol–water partition coefficient (Wildman–Crippen LogP) is -0.0184. The van der Waals surface area contributed by atoms with E-state index in [1.807, 2.05) is 13.8 Å². The van der Waals surface area contributed by atoms with E-state index in [1.54, 1.807) is 0 Å². The molecule has 0 aliphatic rings. The highest BCUT2D eigenvalue weighted by Gasteiger charge is 2.19. The summed E-state index contributed by atoms with van der Waals surface area (Å²) in [5.41, 5.74) is 5.10. The zero-order valence-electron chi connectivity index (χ0n) is 7.93. The molecule has 0 rings (SSSR count). The molecule has 2 amide bonds. The lowest BCUT2D eigenvalue weighted by atomic mass is 9.96. The van der Waals surface area contributed by atoms with Gasteiger partial charge in [-0.1, -0.05) is 13.8 Å². The fourth-order valence-electron chi connectivity index (χ4n) is 1.12. The summed E-state index contributed by atoms with van der Waals surface area (Å²) >= 11 is 0. The van der Waals surface area contributed by atoms with Crippen LogP contribution in [0.4, 0.5) is 0 Å². The van der Waals surface area contributed by atoms with Crippen molar-refractivity contribution < 1.29 is 14.8 Å². The highest BCUT2D eigenvalue weighted by Crippen LogP contribution is 2.11. The van der Waals surface area contributed by atoms with Crippen molar-refractivity contribution in [3.05, 3.63) is 0 Å². The second kappa shape index (κ2) is 5.53. The summed E-state index contributed by atoms with van der Waals surface area (Å²) in [5.74, 6) is -0.664. The van der Waals surface area contributed by atoms with E-state index < -0.39 is 11.8 Å². The van der Waals surface area contributed by atoms with Crippen LogP contribution in [0.5, 0.6) is 0 Å². The van der Waals surface area contributed by atoms with Crippen LogP contribution in [0, 0.1) is 11.8 Å².